The van der Waals surface area contributed by atoms with Crippen molar-refractivity contribution in [2.45, 2.75) is 76.0 Å². The molecule has 2 N–H and O–H groups in total. The number of thioether (sulfide) groups is 1. The third-order valence-corrected chi connectivity index (χ3v) is 4.71. The van der Waals surface area contributed by atoms with Crippen LogP contribution in [0.25, 0.3) is 0 Å². The average Bonchev–Trinajstić information content (AvgIpc) is 3.13. The molecule has 25 heavy (non-hydrogen) atoms. The van der Waals surface area contributed by atoms with Crippen molar-refractivity contribution in [1.82, 2.24) is 15.2 Å². The monoisotopic (exact) mass is 363 g/mol. The van der Waals surface area contributed by atoms with E-state index in [1.54, 1.807) is 18.1 Å². The summed E-state index contributed by atoms with van der Waals surface area (Å²) in [4.78, 5) is 2.99. The number of H-pyrrole nitrogens is 1. The molecule has 1 aromatic rings. The molecule has 0 spiro atoms. The number of rotatable bonds is 15. The Bertz CT molecular complexity index is 483. The van der Waals surface area contributed by atoms with E-state index >= 15 is 0 Å². The topological polar surface area (TPSA) is 61.8 Å². The van der Waals surface area contributed by atoms with Gasteiger partial charge in [-0.1, -0.05) is 74.4 Å². The van der Waals surface area contributed by atoms with Crippen LogP contribution in [0.5, 0.6) is 0 Å². The van der Waals surface area contributed by atoms with Gasteiger partial charge in [-0.05, 0) is 38.5 Å². The molecule has 1 rings (SSSR count). The van der Waals surface area contributed by atoms with Gasteiger partial charge < -0.3 is 10.1 Å². The second-order valence-electron chi connectivity index (χ2n) is 6.08. The lowest BCUT2D eigenvalue weighted by molar-refractivity contribution is 0.227. The Balaban J connectivity index is 1.92. The first-order chi connectivity index (χ1) is 12.3. The van der Waals surface area contributed by atoms with Crippen LogP contribution in [0.3, 0.4) is 0 Å². The minimum Gasteiger partial charge on any atom is -0.389 e. The van der Waals surface area contributed by atoms with Gasteiger partial charge in [-0.3, -0.25) is 0 Å². The van der Waals surface area contributed by atoms with Gasteiger partial charge >= 0.3 is 0 Å². The highest BCUT2D eigenvalue weighted by Gasteiger charge is 1.96. The zero-order valence-corrected chi connectivity index (χ0v) is 16.3. The second kappa shape index (κ2) is 16.2. The van der Waals surface area contributed by atoms with Crippen LogP contribution >= 0.6 is 11.8 Å². The molecule has 0 aliphatic heterocycles. The molecular formula is C20H33N3OS. The summed E-state index contributed by atoms with van der Waals surface area (Å²) in [5, 5.41) is 18.5. The summed E-state index contributed by atoms with van der Waals surface area (Å²) in [7, 11) is 0. The first-order valence-corrected chi connectivity index (χ1v) is 10.5. The number of aliphatic hydroxyl groups is 1. The molecular weight excluding hydrogens is 330 g/mol. The molecule has 0 radical (unpaired) electrons. The smallest absolute Gasteiger partial charge is 0.188 e. The minimum absolute atomic E-state index is 0.375. The average molecular weight is 364 g/mol. The van der Waals surface area contributed by atoms with Crippen LogP contribution in [0.2, 0.25) is 0 Å². The van der Waals surface area contributed by atoms with Crippen molar-refractivity contribution in [3.05, 3.63) is 42.8 Å². The molecule has 0 aliphatic carbocycles. The van der Waals surface area contributed by atoms with Crippen LogP contribution in [0.15, 0.2) is 47.9 Å². The van der Waals surface area contributed by atoms with Crippen molar-refractivity contribution in [2.24, 2.45) is 0 Å². The van der Waals surface area contributed by atoms with Gasteiger partial charge in [-0.25, -0.2) is 0 Å². The molecule has 140 valence electrons. The first kappa shape index (κ1) is 21.7. The van der Waals surface area contributed by atoms with E-state index in [-0.39, 0.29) is 6.10 Å². The SMILES string of the molecule is CCCCC/C=C\C[C@H](O)/C=C/C=C\CCCCCSc1nnc[nH]1. The molecule has 4 nitrogen and oxygen atoms in total. The fourth-order valence-electron chi connectivity index (χ4n) is 2.29. The van der Waals surface area contributed by atoms with E-state index in [9.17, 15) is 5.11 Å². The number of hydrogen-bond acceptors (Lipinski definition) is 4. The Hall–Kier alpha value is -1.33. The fourth-order valence-corrected chi connectivity index (χ4v) is 3.07. The lowest BCUT2D eigenvalue weighted by Crippen LogP contribution is -1.98. The fraction of sp³-hybridized carbons (Fsp3) is 0.600. The van der Waals surface area contributed by atoms with E-state index in [2.05, 4.69) is 40.3 Å². The van der Waals surface area contributed by atoms with Gasteiger partial charge in [0.2, 0.25) is 0 Å². The van der Waals surface area contributed by atoms with E-state index in [0.29, 0.717) is 6.42 Å². The number of allylic oxidation sites excluding steroid dienone is 4. The van der Waals surface area contributed by atoms with E-state index < -0.39 is 0 Å². The molecule has 5 heteroatoms. The van der Waals surface area contributed by atoms with Gasteiger partial charge in [0.05, 0.1) is 6.10 Å². The summed E-state index contributed by atoms with van der Waals surface area (Å²) in [5.74, 6) is 1.08. The molecule has 1 aromatic heterocycles. The highest BCUT2D eigenvalue weighted by Crippen LogP contribution is 2.14. The zero-order valence-electron chi connectivity index (χ0n) is 15.4. The van der Waals surface area contributed by atoms with Crippen LogP contribution < -0.4 is 0 Å². The Morgan fingerprint density at radius 1 is 1.08 bits per heavy atom. The summed E-state index contributed by atoms with van der Waals surface area (Å²) in [6, 6.07) is 0. The third kappa shape index (κ3) is 13.6. The van der Waals surface area contributed by atoms with Crippen LogP contribution in [0.1, 0.15) is 64.7 Å². The number of aromatic nitrogens is 3. The molecule has 0 saturated carbocycles. The van der Waals surface area contributed by atoms with Gasteiger partial charge in [-0.2, -0.15) is 0 Å². The first-order valence-electron chi connectivity index (χ1n) is 9.48. The second-order valence-corrected chi connectivity index (χ2v) is 7.16. The van der Waals surface area contributed by atoms with Crippen molar-refractivity contribution in [3.8, 4) is 0 Å². The van der Waals surface area contributed by atoms with Crippen LogP contribution in [-0.4, -0.2) is 32.1 Å². The van der Waals surface area contributed by atoms with Crippen molar-refractivity contribution in [2.75, 3.05) is 5.75 Å². The summed E-state index contributed by atoms with van der Waals surface area (Å²) in [5.41, 5.74) is 0. The molecule has 0 saturated heterocycles. The lowest BCUT2D eigenvalue weighted by Gasteiger charge is -1.99. The number of aliphatic hydroxyl groups excluding tert-OH is 1. The number of aromatic amines is 1. The summed E-state index contributed by atoms with van der Waals surface area (Å²) >= 11 is 1.72. The van der Waals surface area contributed by atoms with Crippen LogP contribution in [-0.2, 0) is 0 Å². The largest absolute Gasteiger partial charge is 0.389 e. The lowest BCUT2D eigenvalue weighted by atomic mass is 10.1. The van der Waals surface area contributed by atoms with Crippen molar-refractivity contribution in [1.29, 1.82) is 0 Å². The maximum atomic E-state index is 9.84. The van der Waals surface area contributed by atoms with Gasteiger partial charge in [0, 0.05) is 5.75 Å². The minimum atomic E-state index is -0.375. The van der Waals surface area contributed by atoms with E-state index in [4.69, 9.17) is 0 Å². The van der Waals surface area contributed by atoms with Gasteiger partial charge in [0.15, 0.2) is 5.16 Å². The molecule has 0 bridgehead atoms. The Kier molecular flexibility index (Phi) is 14.0. The van der Waals surface area contributed by atoms with Gasteiger partial charge in [0.1, 0.15) is 6.33 Å². The van der Waals surface area contributed by atoms with E-state index in [1.165, 1.54) is 38.5 Å². The highest BCUT2D eigenvalue weighted by atomic mass is 32.2. The molecule has 1 atom stereocenters. The molecule has 0 unspecified atom stereocenters. The molecule has 0 aliphatic rings. The maximum absolute atomic E-state index is 9.84. The van der Waals surface area contributed by atoms with E-state index in [0.717, 1.165) is 23.8 Å². The third-order valence-electron chi connectivity index (χ3n) is 3.75. The quantitative estimate of drug-likeness (QED) is 0.188. The van der Waals surface area contributed by atoms with Gasteiger partial charge in [0.25, 0.3) is 0 Å². The zero-order chi connectivity index (χ0) is 18.0. The predicted molar refractivity (Wildman–Crippen MR) is 108 cm³/mol. The number of nitrogens with one attached hydrogen (secondary N) is 1. The summed E-state index contributed by atoms with van der Waals surface area (Å²) in [6.07, 6.45) is 23.9. The highest BCUT2D eigenvalue weighted by molar-refractivity contribution is 7.99. The number of hydrogen-bond donors (Lipinski definition) is 2. The molecule has 1 heterocycles. The molecule has 0 aromatic carbocycles. The van der Waals surface area contributed by atoms with Crippen molar-refractivity contribution < 1.29 is 5.11 Å². The Morgan fingerprint density at radius 2 is 1.92 bits per heavy atom. The Labute approximate surface area is 156 Å². The van der Waals surface area contributed by atoms with Crippen LogP contribution in [0.4, 0.5) is 0 Å². The van der Waals surface area contributed by atoms with Crippen molar-refractivity contribution >= 4 is 11.8 Å². The maximum Gasteiger partial charge on any atom is 0.188 e. The van der Waals surface area contributed by atoms with E-state index in [1.807, 2.05) is 18.2 Å². The molecule has 0 amide bonds. The standard InChI is InChI=1S/C20H33N3OS/c1-2-3-4-5-9-12-15-19(24)16-13-10-7-6-8-11-14-17-25-20-21-18-22-23-20/h7,9-10,12-13,16,18-19,24H,2-6,8,11,14-15,17H2,1H3,(H,21,22,23)/b10-7-,12-9-,16-13+/t19-/m0/s1. The van der Waals surface area contributed by atoms with Crippen LogP contribution in [0, 0.1) is 0 Å². The van der Waals surface area contributed by atoms with Crippen molar-refractivity contribution in [3.63, 3.8) is 0 Å². The number of unbranched alkanes of at least 4 members (excludes halogenated alkanes) is 6. The summed E-state index contributed by atoms with van der Waals surface area (Å²) in [6.45, 7) is 2.21. The molecule has 0 fully saturated rings. The summed E-state index contributed by atoms with van der Waals surface area (Å²) < 4.78 is 0. The Morgan fingerprint density at radius 3 is 2.72 bits per heavy atom. The predicted octanol–water partition coefficient (Wildman–Crippen LogP) is 5.46. The number of nitrogens with zero attached hydrogens (tertiary/aromatic N) is 2. The normalized spacial score (nSPS) is 13.5. The van der Waals surface area contributed by atoms with Gasteiger partial charge in [-0.15, -0.1) is 10.2 Å².